The first-order valence-corrected chi connectivity index (χ1v) is 8.66. The minimum atomic E-state index is -0.403. The quantitative estimate of drug-likeness (QED) is 0.764. The van der Waals surface area contributed by atoms with Gasteiger partial charge in [-0.25, -0.2) is 4.98 Å². The van der Waals surface area contributed by atoms with Gasteiger partial charge >= 0.3 is 0 Å². The van der Waals surface area contributed by atoms with Crippen LogP contribution in [-0.4, -0.2) is 36.3 Å². The average Bonchev–Trinajstić information content (AvgIpc) is 3.11. The predicted octanol–water partition coefficient (Wildman–Crippen LogP) is 2.52. The van der Waals surface area contributed by atoms with E-state index in [-0.39, 0.29) is 23.9 Å². The van der Waals surface area contributed by atoms with Gasteiger partial charge in [-0.3, -0.25) is 9.59 Å². The maximum atomic E-state index is 12.1. The summed E-state index contributed by atoms with van der Waals surface area (Å²) in [4.78, 5) is 28.4. The Morgan fingerprint density at radius 1 is 1.33 bits per heavy atom. The molecule has 24 heavy (non-hydrogen) atoms. The van der Waals surface area contributed by atoms with Crippen molar-refractivity contribution in [3.8, 4) is 0 Å². The lowest BCUT2D eigenvalue weighted by atomic mass is 10.00. The number of halogens is 1. The number of amides is 1. The number of carbonyl (C=O) groups is 2. The molecule has 1 aliphatic rings. The third-order valence-corrected chi connectivity index (χ3v) is 4.51. The SMILES string of the molecule is O=C(CNC(=O)c1coc(C2CCCNC2)n1)c1ccc(Br)cc1. The van der Waals surface area contributed by atoms with Crippen molar-refractivity contribution in [1.29, 1.82) is 0 Å². The van der Waals surface area contributed by atoms with Crippen LogP contribution in [0, 0.1) is 0 Å². The predicted molar refractivity (Wildman–Crippen MR) is 92.2 cm³/mol. The topological polar surface area (TPSA) is 84.2 Å². The van der Waals surface area contributed by atoms with Gasteiger partial charge in [0.15, 0.2) is 17.4 Å². The van der Waals surface area contributed by atoms with E-state index in [1.165, 1.54) is 6.26 Å². The number of aromatic nitrogens is 1. The third-order valence-electron chi connectivity index (χ3n) is 3.98. The molecule has 0 radical (unpaired) electrons. The van der Waals surface area contributed by atoms with Crippen LogP contribution in [0.15, 0.2) is 39.4 Å². The fourth-order valence-corrected chi connectivity index (χ4v) is 2.90. The molecule has 1 aromatic carbocycles. The van der Waals surface area contributed by atoms with Crippen LogP contribution < -0.4 is 10.6 Å². The third kappa shape index (κ3) is 4.10. The van der Waals surface area contributed by atoms with Crippen molar-refractivity contribution in [3.63, 3.8) is 0 Å². The lowest BCUT2D eigenvalue weighted by Gasteiger charge is -2.19. The minimum absolute atomic E-state index is 0.0758. The number of nitrogens with zero attached hydrogens (tertiary/aromatic N) is 1. The van der Waals surface area contributed by atoms with Gasteiger partial charge in [-0.2, -0.15) is 0 Å². The number of ketones is 1. The van der Waals surface area contributed by atoms with E-state index in [1.54, 1.807) is 24.3 Å². The highest BCUT2D eigenvalue weighted by Crippen LogP contribution is 2.22. The minimum Gasteiger partial charge on any atom is -0.448 e. The van der Waals surface area contributed by atoms with E-state index in [4.69, 9.17) is 4.42 Å². The summed E-state index contributed by atoms with van der Waals surface area (Å²) >= 11 is 3.32. The fourth-order valence-electron chi connectivity index (χ4n) is 2.63. The smallest absolute Gasteiger partial charge is 0.273 e. The Labute approximate surface area is 148 Å². The van der Waals surface area contributed by atoms with Gasteiger partial charge in [0.05, 0.1) is 6.54 Å². The summed E-state index contributed by atoms with van der Waals surface area (Å²) in [5, 5.41) is 5.88. The highest BCUT2D eigenvalue weighted by molar-refractivity contribution is 9.10. The van der Waals surface area contributed by atoms with Crippen molar-refractivity contribution in [2.45, 2.75) is 18.8 Å². The van der Waals surface area contributed by atoms with E-state index >= 15 is 0 Å². The van der Waals surface area contributed by atoms with E-state index in [1.807, 2.05) is 0 Å². The highest BCUT2D eigenvalue weighted by atomic mass is 79.9. The van der Waals surface area contributed by atoms with E-state index in [0.29, 0.717) is 11.5 Å². The van der Waals surface area contributed by atoms with Crippen LogP contribution in [0.25, 0.3) is 0 Å². The second-order valence-corrected chi connectivity index (χ2v) is 6.64. The molecular formula is C17H18BrN3O3. The largest absolute Gasteiger partial charge is 0.448 e. The van der Waals surface area contributed by atoms with Crippen LogP contribution in [0.4, 0.5) is 0 Å². The highest BCUT2D eigenvalue weighted by Gasteiger charge is 2.22. The number of carbonyl (C=O) groups excluding carboxylic acids is 2. The lowest BCUT2D eigenvalue weighted by molar-refractivity contribution is 0.0900. The summed E-state index contributed by atoms with van der Waals surface area (Å²) in [5.41, 5.74) is 0.756. The van der Waals surface area contributed by atoms with Crippen molar-refractivity contribution < 1.29 is 14.0 Å². The second kappa shape index (κ2) is 7.72. The molecule has 0 aliphatic carbocycles. The number of oxazole rings is 1. The molecule has 0 bridgehead atoms. The van der Waals surface area contributed by atoms with Gasteiger partial charge in [-0.05, 0) is 31.5 Å². The first kappa shape index (κ1) is 16.9. The Balaban J connectivity index is 1.56. The Bertz CT molecular complexity index is 721. The summed E-state index contributed by atoms with van der Waals surface area (Å²) in [7, 11) is 0. The molecule has 0 spiro atoms. The Morgan fingerprint density at radius 2 is 2.12 bits per heavy atom. The van der Waals surface area contributed by atoms with Crippen molar-refractivity contribution in [3.05, 3.63) is 52.1 Å². The standard InChI is InChI=1S/C17H18BrN3O3/c18-13-5-3-11(4-6-13)15(22)9-20-16(23)14-10-24-17(21-14)12-2-1-7-19-8-12/h3-6,10,12,19H,1-2,7-9H2,(H,20,23). The summed E-state index contributed by atoms with van der Waals surface area (Å²) in [6.45, 7) is 1.74. The van der Waals surface area contributed by atoms with Gasteiger partial charge in [0.2, 0.25) is 0 Å². The molecule has 1 aromatic heterocycles. The van der Waals surface area contributed by atoms with Crippen molar-refractivity contribution in [2.75, 3.05) is 19.6 Å². The van der Waals surface area contributed by atoms with Crippen molar-refractivity contribution in [2.24, 2.45) is 0 Å². The molecule has 2 aromatic rings. The average molecular weight is 392 g/mol. The van der Waals surface area contributed by atoms with E-state index in [0.717, 1.165) is 30.4 Å². The zero-order chi connectivity index (χ0) is 16.9. The molecule has 0 saturated carbocycles. The number of piperidine rings is 1. The molecule has 2 heterocycles. The van der Waals surface area contributed by atoms with E-state index < -0.39 is 5.91 Å². The summed E-state index contributed by atoms with van der Waals surface area (Å²) in [6, 6.07) is 7.00. The number of rotatable bonds is 5. The summed E-state index contributed by atoms with van der Waals surface area (Å²) < 4.78 is 6.33. The Hall–Kier alpha value is -1.99. The normalized spacial score (nSPS) is 17.5. The molecular weight excluding hydrogens is 374 g/mol. The maximum Gasteiger partial charge on any atom is 0.273 e. The number of hydrogen-bond donors (Lipinski definition) is 2. The van der Waals surface area contributed by atoms with Gasteiger partial charge in [-0.15, -0.1) is 0 Å². The van der Waals surface area contributed by atoms with Gasteiger partial charge in [0.25, 0.3) is 5.91 Å². The van der Waals surface area contributed by atoms with Gasteiger partial charge in [0.1, 0.15) is 6.26 Å². The number of hydrogen-bond acceptors (Lipinski definition) is 5. The van der Waals surface area contributed by atoms with Crippen LogP contribution in [-0.2, 0) is 0 Å². The summed E-state index contributed by atoms with van der Waals surface area (Å²) in [6.07, 6.45) is 3.41. The molecule has 1 saturated heterocycles. The first-order valence-electron chi connectivity index (χ1n) is 7.86. The number of Topliss-reactive ketones (excluding diaryl/α,β-unsaturated/α-hetero) is 1. The van der Waals surface area contributed by atoms with Crippen LogP contribution >= 0.6 is 15.9 Å². The molecule has 1 fully saturated rings. The first-order chi connectivity index (χ1) is 11.6. The second-order valence-electron chi connectivity index (χ2n) is 5.73. The monoisotopic (exact) mass is 391 g/mol. The Morgan fingerprint density at radius 3 is 2.83 bits per heavy atom. The fraction of sp³-hybridized carbons (Fsp3) is 0.353. The van der Waals surface area contributed by atoms with Crippen LogP contribution in [0.2, 0.25) is 0 Å². The molecule has 1 aliphatic heterocycles. The van der Waals surface area contributed by atoms with Gasteiger partial charge in [0, 0.05) is 22.5 Å². The number of nitrogens with one attached hydrogen (secondary N) is 2. The van der Waals surface area contributed by atoms with Crippen LogP contribution in [0.3, 0.4) is 0 Å². The zero-order valence-electron chi connectivity index (χ0n) is 13.0. The molecule has 1 unspecified atom stereocenters. The zero-order valence-corrected chi connectivity index (χ0v) is 14.6. The lowest BCUT2D eigenvalue weighted by Crippen LogP contribution is -2.30. The molecule has 1 atom stereocenters. The van der Waals surface area contributed by atoms with E-state index in [9.17, 15) is 9.59 Å². The van der Waals surface area contributed by atoms with E-state index in [2.05, 4.69) is 31.5 Å². The summed E-state index contributed by atoms with van der Waals surface area (Å²) in [5.74, 6) is 0.214. The van der Waals surface area contributed by atoms with Crippen molar-refractivity contribution >= 4 is 27.6 Å². The molecule has 7 heteroatoms. The molecule has 2 N–H and O–H groups in total. The molecule has 3 rings (SSSR count). The van der Waals surface area contributed by atoms with Gasteiger partial charge < -0.3 is 15.1 Å². The van der Waals surface area contributed by atoms with Crippen molar-refractivity contribution in [1.82, 2.24) is 15.6 Å². The molecule has 126 valence electrons. The molecule has 6 nitrogen and oxygen atoms in total. The maximum absolute atomic E-state index is 12.1. The van der Waals surface area contributed by atoms with Crippen LogP contribution in [0.1, 0.15) is 45.5 Å². The Kier molecular flexibility index (Phi) is 5.42. The number of benzene rings is 1. The molecule has 1 amide bonds. The van der Waals surface area contributed by atoms with Crippen LogP contribution in [0.5, 0.6) is 0 Å². The van der Waals surface area contributed by atoms with Gasteiger partial charge in [-0.1, -0.05) is 28.1 Å².